The number of nitrogens with zero attached hydrogens (tertiary/aromatic N) is 3. The number of hydrogen-bond donors (Lipinski definition) is 2. The Bertz CT molecular complexity index is 851. The Hall–Kier alpha value is -3.02. The predicted octanol–water partition coefficient (Wildman–Crippen LogP) is 3.03. The maximum absolute atomic E-state index is 12.4. The predicted molar refractivity (Wildman–Crippen MR) is 108 cm³/mol. The number of hydrogen-bond acceptors (Lipinski definition) is 3. The molecule has 1 aliphatic heterocycles. The van der Waals surface area contributed by atoms with E-state index in [0.29, 0.717) is 19.6 Å². The molecule has 0 bridgehead atoms. The van der Waals surface area contributed by atoms with Crippen LogP contribution in [0.3, 0.4) is 0 Å². The highest BCUT2D eigenvalue weighted by Gasteiger charge is 2.22. The van der Waals surface area contributed by atoms with Crippen LogP contribution < -0.4 is 10.2 Å². The Morgan fingerprint density at radius 2 is 1.74 bits per heavy atom. The molecule has 2 aromatic carbocycles. The van der Waals surface area contributed by atoms with E-state index in [9.17, 15) is 4.79 Å². The summed E-state index contributed by atoms with van der Waals surface area (Å²) in [6.45, 7) is 3.70. The minimum absolute atomic E-state index is 0.0346. The molecule has 0 aliphatic carbocycles. The molecule has 0 spiro atoms. The van der Waals surface area contributed by atoms with Gasteiger partial charge in [-0.1, -0.05) is 42.5 Å². The lowest BCUT2D eigenvalue weighted by molar-refractivity contribution is 0.194. The molecule has 0 atom stereocenters. The number of carbonyl (C=O) groups excluding carboxylic acids is 1. The highest BCUT2D eigenvalue weighted by atomic mass is 16.2. The van der Waals surface area contributed by atoms with Crippen LogP contribution in [0.1, 0.15) is 12.0 Å². The van der Waals surface area contributed by atoms with Gasteiger partial charge in [-0.3, -0.25) is 0 Å². The van der Waals surface area contributed by atoms with Crippen molar-refractivity contribution < 1.29 is 4.79 Å². The number of urea groups is 1. The molecule has 0 radical (unpaired) electrons. The molecule has 2 amide bonds. The first-order valence-corrected chi connectivity index (χ1v) is 9.56. The van der Waals surface area contributed by atoms with E-state index in [1.54, 1.807) is 0 Å². The topological polar surface area (TPSA) is 64.3 Å². The van der Waals surface area contributed by atoms with E-state index in [2.05, 4.69) is 44.5 Å². The molecule has 0 unspecified atom stereocenters. The first-order chi connectivity index (χ1) is 13.3. The number of imidazole rings is 1. The minimum Gasteiger partial charge on any atom is -0.339 e. The fraction of sp³-hybridized carbons (Fsp3) is 0.333. The van der Waals surface area contributed by atoms with Crippen molar-refractivity contribution in [3.63, 3.8) is 0 Å². The number of rotatable bonds is 5. The monoisotopic (exact) mass is 363 g/mol. The third kappa shape index (κ3) is 4.22. The molecule has 6 nitrogen and oxygen atoms in total. The summed E-state index contributed by atoms with van der Waals surface area (Å²) >= 11 is 0. The van der Waals surface area contributed by atoms with Gasteiger partial charge in [0.1, 0.15) is 0 Å². The van der Waals surface area contributed by atoms with Gasteiger partial charge in [-0.2, -0.15) is 0 Å². The Balaban J connectivity index is 1.22. The fourth-order valence-electron chi connectivity index (χ4n) is 3.45. The summed E-state index contributed by atoms with van der Waals surface area (Å²) in [4.78, 5) is 24.5. The quantitative estimate of drug-likeness (QED) is 0.685. The molecule has 1 aromatic heterocycles. The Morgan fingerprint density at radius 1 is 1.00 bits per heavy atom. The minimum atomic E-state index is 0.0346. The van der Waals surface area contributed by atoms with Crippen LogP contribution in [-0.2, 0) is 6.42 Å². The molecular weight excluding hydrogens is 338 g/mol. The van der Waals surface area contributed by atoms with Crippen molar-refractivity contribution in [3.05, 3.63) is 60.2 Å². The zero-order chi connectivity index (χ0) is 18.5. The molecule has 2 heterocycles. The molecule has 1 saturated heterocycles. The van der Waals surface area contributed by atoms with Crippen LogP contribution in [0.2, 0.25) is 0 Å². The molecular formula is C21H25N5O. The van der Waals surface area contributed by atoms with Crippen molar-refractivity contribution in [1.82, 2.24) is 20.2 Å². The standard InChI is InChI=1S/C21H25N5O/c27-21(22-12-6-9-17-7-2-1-3-8-17)26-15-13-25(14-16-26)20-23-18-10-4-5-11-19(18)24-20/h1-5,7-8,10-11H,6,9,12-16H2,(H,22,27)(H,23,24). The number of fused-ring (bicyclic) bond motifs is 1. The summed E-state index contributed by atoms with van der Waals surface area (Å²) in [6, 6.07) is 18.4. The molecule has 140 valence electrons. The number of piperazine rings is 1. The molecule has 3 aromatic rings. The molecule has 1 fully saturated rings. The Labute approximate surface area is 159 Å². The van der Waals surface area contributed by atoms with Crippen molar-refractivity contribution in [2.45, 2.75) is 12.8 Å². The summed E-state index contributed by atoms with van der Waals surface area (Å²) in [6.07, 6.45) is 1.94. The Morgan fingerprint density at radius 3 is 2.52 bits per heavy atom. The molecule has 1 aliphatic rings. The molecule has 0 saturated carbocycles. The van der Waals surface area contributed by atoms with Crippen LogP contribution >= 0.6 is 0 Å². The molecule has 6 heteroatoms. The number of amides is 2. The van der Waals surface area contributed by atoms with E-state index in [1.165, 1.54) is 5.56 Å². The largest absolute Gasteiger partial charge is 0.339 e. The van der Waals surface area contributed by atoms with Crippen LogP contribution in [0.15, 0.2) is 54.6 Å². The number of nitrogens with one attached hydrogen (secondary N) is 2. The van der Waals surface area contributed by atoms with Gasteiger partial charge < -0.3 is 20.1 Å². The second kappa shape index (κ2) is 8.12. The van der Waals surface area contributed by atoms with Gasteiger partial charge in [0.2, 0.25) is 5.95 Å². The van der Waals surface area contributed by atoms with Gasteiger partial charge >= 0.3 is 6.03 Å². The van der Waals surface area contributed by atoms with Gasteiger partial charge in [0.05, 0.1) is 11.0 Å². The van der Waals surface area contributed by atoms with Gasteiger partial charge in [0.15, 0.2) is 0 Å². The van der Waals surface area contributed by atoms with Gasteiger partial charge in [-0.25, -0.2) is 9.78 Å². The summed E-state index contributed by atoms with van der Waals surface area (Å²) < 4.78 is 0. The normalized spacial score (nSPS) is 14.5. The highest BCUT2D eigenvalue weighted by Crippen LogP contribution is 2.18. The number of aryl methyl sites for hydroxylation is 1. The van der Waals surface area contributed by atoms with E-state index < -0.39 is 0 Å². The summed E-state index contributed by atoms with van der Waals surface area (Å²) in [5.74, 6) is 0.888. The third-order valence-corrected chi connectivity index (χ3v) is 5.00. The lowest BCUT2D eigenvalue weighted by Crippen LogP contribution is -2.52. The second-order valence-electron chi connectivity index (χ2n) is 6.87. The average Bonchev–Trinajstić information content (AvgIpc) is 3.16. The fourth-order valence-corrected chi connectivity index (χ4v) is 3.45. The Kier molecular flexibility index (Phi) is 5.23. The maximum Gasteiger partial charge on any atom is 0.317 e. The van der Waals surface area contributed by atoms with Gasteiger partial charge in [-0.15, -0.1) is 0 Å². The number of aromatic nitrogens is 2. The average molecular weight is 363 g/mol. The van der Waals surface area contributed by atoms with Crippen LogP contribution in [0.4, 0.5) is 10.7 Å². The molecule has 2 N–H and O–H groups in total. The van der Waals surface area contributed by atoms with Crippen LogP contribution in [0.25, 0.3) is 11.0 Å². The number of aromatic amines is 1. The van der Waals surface area contributed by atoms with Crippen LogP contribution in [0, 0.1) is 0 Å². The summed E-state index contributed by atoms with van der Waals surface area (Å²) in [5.41, 5.74) is 3.34. The maximum atomic E-state index is 12.4. The first-order valence-electron chi connectivity index (χ1n) is 9.56. The number of benzene rings is 2. The highest BCUT2D eigenvalue weighted by molar-refractivity contribution is 5.77. The van der Waals surface area contributed by atoms with Crippen molar-refractivity contribution in [2.75, 3.05) is 37.6 Å². The van der Waals surface area contributed by atoms with Crippen molar-refractivity contribution >= 4 is 23.0 Å². The summed E-state index contributed by atoms with van der Waals surface area (Å²) in [5, 5.41) is 3.04. The van der Waals surface area contributed by atoms with Crippen molar-refractivity contribution in [1.29, 1.82) is 0 Å². The third-order valence-electron chi connectivity index (χ3n) is 5.00. The smallest absolute Gasteiger partial charge is 0.317 e. The lowest BCUT2D eigenvalue weighted by atomic mass is 10.1. The number of carbonyl (C=O) groups is 1. The van der Waals surface area contributed by atoms with E-state index in [0.717, 1.165) is 42.9 Å². The number of H-pyrrole nitrogens is 1. The van der Waals surface area contributed by atoms with Crippen LogP contribution in [-0.4, -0.2) is 53.6 Å². The van der Waals surface area contributed by atoms with Gasteiger partial charge in [0.25, 0.3) is 0 Å². The van der Waals surface area contributed by atoms with E-state index in [1.807, 2.05) is 35.2 Å². The van der Waals surface area contributed by atoms with E-state index >= 15 is 0 Å². The number of anilines is 1. The van der Waals surface area contributed by atoms with Crippen LogP contribution in [0.5, 0.6) is 0 Å². The molecule has 27 heavy (non-hydrogen) atoms. The van der Waals surface area contributed by atoms with Crippen molar-refractivity contribution in [3.8, 4) is 0 Å². The van der Waals surface area contributed by atoms with Gasteiger partial charge in [0, 0.05) is 32.7 Å². The zero-order valence-electron chi connectivity index (χ0n) is 15.4. The molecule has 4 rings (SSSR count). The SMILES string of the molecule is O=C(NCCCc1ccccc1)N1CCN(c2nc3ccccc3[nH]2)CC1. The lowest BCUT2D eigenvalue weighted by Gasteiger charge is -2.34. The van der Waals surface area contributed by atoms with E-state index in [4.69, 9.17) is 0 Å². The zero-order valence-corrected chi connectivity index (χ0v) is 15.4. The number of para-hydroxylation sites is 2. The second-order valence-corrected chi connectivity index (χ2v) is 6.87. The van der Waals surface area contributed by atoms with Gasteiger partial charge in [-0.05, 0) is 30.5 Å². The first kappa shape index (κ1) is 17.4. The van der Waals surface area contributed by atoms with E-state index in [-0.39, 0.29) is 6.03 Å². The summed E-state index contributed by atoms with van der Waals surface area (Å²) in [7, 11) is 0. The van der Waals surface area contributed by atoms with Crippen molar-refractivity contribution in [2.24, 2.45) is 0 Å².